The average Bonchev–Trinajstić information content (AvgIpc) is 2.59. The zero-order valence-corrected chi connectivity index (χ0v) is 14.5. The van der Waals surface area contributed by atoms with E-state index in [1.165, 1.54) is 0 Å². The molecule has 1 fully saturated rings. The second-order valence-electron chi connectivity index (χ2n) is 6.74. The first-order chi connectivity index (χ1) is 11.0. The number of rotatable bonds is 6. The van der Waals surface area contributed by atoms with Gasteiger partial charge in [-0.1, -0.05) is 27.2 Å². The number of hydrogen-bond donors (Lipinski definition) is 2. The lowest BCUT2D eigenvalue weighted by atomic mass is 9.99. The summed E-state index contributed by atoms with van der Waals surface area (Å²) in [5.41, 5.74) is 0.632. The van der Waals surface area contributed by atoms with E-state index in [4.69, 9.17) is 0 Å². The van der Waals surface area contributed by atoms with Crippen molar-refractivity contribution in [2.45, 2.75) is 46.1 Å². The van der Waals surface area contributed by atoms with E-state index in [0.29, 0.717) is 23.8 Å². The largest absolute Gasteiger partial charge is 0.391 e. The number of pyridine rings is 1. The molecule has 0 aromatic carbocycles. The standard InChI is InChI=1S/C18H29N3O2/c1-4-14(3)16(22)12-20-17-6-5-15(11-19-17)18(23)21-9-7-13(2)8-10-21/h5-6,11,13-14,16,22H,4,7-10,12H2,1-3H3,(H,19,20). The van der Waals surface area contributed by atoms with E-state index in [0.717, 1.165) is 32.4 Å². The van der Waals surface area contributed by atoms with Gasteiger partial charge in [0.05, 0.1) is 11.7 Å². The first kappa shape index (κ1) is 17.7. The molecule has 1 aliphatic rings. The fourth-order valence-corrected chi connectivity index (χ4v) is 2.70. The smallest absolute Gasteiger partial charge is 0.255 e. The summed E-state index contributed by atoms with van der Waals surface area (Å²) in [4.78, 5) is 18.6. The summed E-state index contributed by atoms with van der Waals surface area (Å²) in [7, 11) is 0. The van der Waals surface area contributed by atoms with Crippen LogP contribution >= 0.6 is 0 Å². The lowest BCUT2D eigenvalue weighted by Gasteiger charge is -2.30. The van der Waals surface area contributed by atoms with Crippen molar-refractivity contribution in [2.75, 3.05) is 25.0 Å². The molecule has 0 radical (unpaired) electrons. The molecule has 2 atom stereocenters. The molecule has 128 valence electrons. The first-order valence-corrected chi connectivity index (χ1v) is 8.68. The second kappa shape index (κ2) is 8.29. The minimum Gasteiger partial charge on any atom is -0.391 e. The molecule has 1 amide bonds. The van der Waals surface area contributed by atoms with Crippen molar-refractivity contribution in [2.24, 2.45) is 11.8 Å². The molecule has 23 heavy (non-hydrogen) atoms. The Bertz CT molecular complexity index is 495. The molecule has 2 unspecified atom stereocenters. The zero-order valence-electron chi connectivity index (χ0n) is 14.5. The molecule has 5 heteroatoms. The average molecular weight is 319 g/mol. The Morgan fingerprint density at radius 3 is 2.70 bits per heavy atom. The molecule has 0 bridgehead atoms. The van der Waals surface area contributed by atoms with Crippen molar-refractivity contribution < 1.29 is 9.90 Å². The van der Waals surface area contributed by atoms with Crippen molar-refractivity contribution in [1.29, 1.82) is 0 Å². The number of nitrogens with one attached hydrogen (secondary N) is 1. The van der Waals surface area contributed by atoms with Gasteiger partial charge in [0.15, 0.2) is 0 Å². The highest BCUT2D eigenvalue weighted by Crippen LogP contribution is 2.18. The third-order valence-electron chi connectivity index (χ3n) is 4.87. The van der Waals surface area contributed by atoms with Crippen molar-refractivity contribution >= 4 is 11.7 Å². The van der Waals surface area contributed by atoms with Crippen LogP contribution < -0.4 is 5.32 Å². The molecule has 0 aliphatic carbocycles. The SMILES string of the molecule is CCC(C)C(O)CNc1ccc(C(=O)N2CCC(C)CC2)cn1. The Morgan fingerprint density at radius 2 is 2.13 bits per heavy atom. The van der Waals surface area contributed by atoms with Crippen molar-refractivity contribution in [1.82, 2.24) is 9.88 Å². The minimum atomic E-state index is -0.390. The van der Waals surface area contributed by atoms with E-state index in [1.54, 1.807) is 6.20 Å². The number of carbonyl (C=O) groups excluding carboxylic acids is 1. The van der Waals surface area contributed by atoms with Crippen molar-refractivity contribution in [3.8, 4) is 0 Å². The van der Waals surface area contributed by atoms with Crippen LogP contribution in [0.1, 0.15) is 50.4 Å². The summed E-state index contributed by atoms with van der Waals surface area (Å²) in [6.45, 7) is 8.47. The van der Waals surface area contributed by atoms with Gasteiger partial charge in [0, 0.05) is 25.8 Å². The Morgan fingerprint density at radius 1 is 1.43 bits per heavy atom. The zero-order chi connectivity index (χ0) is 16.8. The number of amides is 1. The molecule has 2 rings (SSSR count). The third-order valence-corrected chi connectivity index (χ3v) is 4.87. The van der Waals surface area contributed by atoms with Gasteiger partial charge in [-0.25, -0.2) is 4.98 Å². The number of carbonyl (C=O) groups is 1. The predicted molar refractivity (Wildman–Crippen MR) is 92.5 cm³/mol. The van der Waals surface area contributed by atoms with E-state index >= 15 is 0 Å². The molecule has 1 saturated heterocycles. The summed E-state index contributed by atoms with van der Waals surface area (Å²) in [5.74, 6) is 1.72. The second-order valence-corrected chi connectivity index (χ2v) is 6.74. The first-order valence-electron chi connectivity index (χ1n) is 8.68. The van der Waals surface area contributed by atoms with Crippen LogP contribution in [0.5, 0.6) is 0 Å². The van der Waals surface area contributed by atoms with Gasteiger partial charge < -0.3 is 15.3 Å². The monoisotopic (exact) mass is 319 g/mol. The molecular weight excluding hydrogens is 290 g/mol. The molecule has 0 saturated carbocycles. The van der Waals surface area contributed by atoms with E-state index in [9.17, 15) is 9.90 Å². The van der Waals surface area contributed by atoms with Crippen LogP contribution in [0.3, 0.4) is 0 Å². The van der Waals surface area contributed by atoms with Gasteiger partial charge >= 0.3 is 0 Å². The number of aliphatic hydroxyl groups excluding tert-OH is 1. The Labute approximate surface area is 139 Å². The number of aliphatic hydroxyl groups is 1. The molecule has 1 aliphatic heterocycles. The van der Waals surface area contributed by atoms with Gasteiger partial charge in [0.2, 0.25) is 0 Å². The number of nitrogens with zero attached hydrogens (tertiary/aromatic N) is 2. The number of anilines is 1. The minimum absolute atomic E-state index is 0.0654. The number of aromatic nitrogens is 1. The van der Waals surface area contributed by atoms with E-state index in [-0.39, 0.29) is 11.8 Å². The molecule has 2 N–H and O–H groups in total. The van der Waals surface area contributed by atoms with Gasteiger partial charge in [-0.3, -0.25) is 4.79 Å². The van der Waals surface area contributed by atoms with Crippen LogP contribution in [-0.2, 0) is 0 Å². The molecule has 1 aromatic heterocycles. The van der Waals surface area contributed by atoms with Crippen LogP contribution in [0.15, 0.2) is 18.3 Å². The number of likely N-dealkylation sites (tertiary alicyclic amines) is 1. The molecule has 2 heterocycles. The van der Waals surface area contributed by atoms with Crippen LogP contribution in [0.2, 0.25) is 0 Å². The Balaban J connectivity index is 1.87. The Kier molecular flexibility index (Phi) is 6.39. The van der Waals surface area contributed by atoms with Crippen LogP contribution in [0.4, 0.5) is 5.82 Å². The summed E-state index contributed by atoms with van der Waals surface area (Å²) in [5, 5.41) is 13.1. The van der Waals surface area contributed by atoms with Crippen LogP contribution in [-0.4, -0.2) is 46.6 Å². The summed E-state index contributed by atoms with van der Waals surface area (Å²) < 4.78 is 0. The lowest BCUT2D eigenvalue weighted by molar-refractivity contribution is 0.0697. The lowest BCUT2D eigenvalue weighted by Crippen LogP contribution is -2.37. The van der Waals surface area contributed by atoms with Gasteiger partial charge in [0.25, 0.3) is 5.91 Å². The number of hydrogen-bond acceptors (Lipinski definition) is 4. The van der Waals surface area contributed by atoms with Crippen molar-refractivity contribution in [3.05, 3.63) is 23.9 Å². The van der Waals surface area contributed by atoms with E-state index in [1.807, 2.05) is 24.0 Å². The highest BCUT2D eigenvalue weighted by atomic mass is 16.3. The Hall–Kier alpha value is -1.62. The predicted octanol–water partition coefficient (Wildman–Crippen LogP) is 2.77. The van der Waals surface area contributed by atoms with Gasteiger partial charge in [-0.15, -0.1) is 0 Å². The maximum Gasteiger partial charge on any atom is 0.255 e. The highest BCUT2D eigenvalue weighted by molar-refractivity contribution is 5.94. The summed E-state index contributed by atoms with van der Waals surface area (Å²) in [6.07, 6.45) is 4.33. The van der Waals surface area contributed by atoms with E-state index in [2.05, 4.69) is 24.1 Å². The van der Waals surface area contributed by atoms with Gasteiger partial charge in [-0.2, -0.15) is 0 Å². The van der Waals surface area contributed by atoms with Crippen LogP contribution in [0.25, 0.3) is 0 Å². The van der Waals surface area contributed by atoms with Gasteiger partial charge in [-0.05, 0) is 36.8 Å². The molecule has 1 aromatic rings. The normalized spacial score (nSPS) is 18.5. The topological polar surface area (TPSA) is 65.5 Å². The summed E-state index contributed by atoms with van der Waals surface area (Å²) >= 11 is 0. The number of piperidine rings is 1. The molecule has 5 nitrogen and oxygen atoms in total. The van der Waals surface area contributed by atoms with Gasteiger partial charge in [0.1, 0.15) is 5.82 Å². The fraction of sp³-hybridized carbons (Fsp3) is 0.667. The highest BCUT2D eigenvalue weighted by Gasteiger charge is 2.21. The maximum atomic E-state index is 12.4. The molecular formula is C18H29N3O2. The van der Waals surface area contributed by atoms with Crippen LogP contribution in [0, 0.1) is 11.8 Å². The fourth-order valence-electron chi connectivity index (χ4n) is 2.70. The quantitative estimate of drug-likeness (QED) is 0.846. The maximum absolute atomic E-state index is 12.4. The molecule has 0 spiro atoms. The summed E-state index contributed by atoms with van der Waals surface area (Å²) in [6, 6.07) is 3.62. The third kappa shape index (κ3) is 4.93. The van der Waals surface area contributed by atoms with Crippen molar-refractivity contribution in [3.63, 3.8) is 0 Å². The van der Waals surface area contributed by atoms with E-state index < -0.39 is 6.10 Å².